The highest BCUT2D eigenvalue weighted by Gasteiger charge is 2.18. The minimum Gasteiger partial charge on any atom is -0.458 e. The maximum absolute atomic E-state index is 12.2. The Hall–Kier alpha value is -0.830. The number of halogens is 1. The van der Waals surface area contributed by atoms with Gasteiger partial charge in [-0.1, -0.05) is 47.0 Å². The first kappa shape index (κ1) is 13.6. The molecule has 1 unspecified atom stereocenters. The number of hydrogen-bond acceptors (Lipinski definition) is 2. The summed E-state index contributed by atoms with van der Waals surface area (Å²) in [6.45, 7) is 0. The van der Waals surface area contributed by atoms with E-state index >= 15 is 0 Å². The van der Waals surface area contributed by atoms with Gasteiger partial charge in [-0.3, -0.25) is 0 Å². The zero-order chi connectivity index (χ0) is 12.8. The smallest absolute Gasteiger partial charge is 0.338 e. The van der Waals surface area contributed by atoms with Gasteiger partial charge in [0.2, 0.25) is 0 Å². The summed E-state index contributed by atoms with van der Waals surface area (Å²) in [7, 11) is 0. The van der Waals surface area contributed by atoms with Gasteiger partial charge in [0.25, 0.3) is 0 Å². The van der Waals surface area contributed by atoms with E-state index in [1.165, 1.54) is 12.8 Å². The van der Waals surface area contributed by atoms with Crippen LogP contribution < -0.4 is 0 Å². The summed E-state index contributed by atoms with van der Waals surface area (Å²) in [4.78, 5) is 12.2. The lowest BCUT2D eigenvalue weighted by atomic mass is 10.0. The highest BCUT2D eigenvalue weighted by Crippen LogP contribution is 2.19. The van der Waals surface area contributed by atoms with E-state index in [0.717, 1.165) is 42.1 Å². The standard InChI is InChI=1S/C15H19BrO2/c16-11-13-9-4-2-1-3-7-12-8-5-6-10-14(12)15(17)18-13/h5-6,8,10,13H,1-4,7,9,11H2. The fourth-order valence-corrected chi connectivity index (χ4v) is 2.82. The Bertz CT molecular complexity index is 403. The normalized spacial score (nSPS) is 21.6. The van der Waals surface area contributed by atoms with Crippen LogP contribution in [0.25, 0.3) is 0 Å². The first-order valence-corrected chi connectivity index (χ1v) is 7.78. The number of carbonyl (C=O) groups is 1. The lowest BCUT2D eigenvalue weighted by Crippen LogP contribution is -2.20. The minimum atomic E-state index is -0.169. The summed E-state index contributed by atoms with van der Waals surface area (Å²) in [6.07, 6.45) is 6.69. The van der Waals surface area contributed by atoms with Crippen molar-refractivity contribution in [2.24, 2.45) is 0 Å². The number of rotatable bonds is 1. The Balaban J connectivity index is 2.20. The van der Waals surface area contributed by atoms with Gasteiger partial charge in [-0.15, -0.1) is 0 Å². The van der Waals surface area contributed by atoms with Crippen molar-refractivity contribution in [1.29, 1.82) is 0 Å². The average molecular weight is 311 g/mol. The molecule has 0 bridgehead atoms. The number of hydrogen-bond donors (Lipinski definition) is 0. The van der Waals surface area contributed by atoms with Crippen LogP contribution in [0.5, 0.6) is 0 Å². The van der Waals surface area contributed by atoms with Crippen LogP contribution in [0.2, 0.25) is 0 Å². The summed E-state index contributed by atoms with van der Waals surface area (Å²) in [5, 5.41) is 0.723. The van der Waals surface area contributed by atoms with Gasteiger partial charge in [0.1, 0.15) is 6.10 Å². The second kappa shape index (κ2) is 6.93. The van der Waals surface area contributed by atoms with Gasteiger partial charge in [-0.2, -0.15) is 0 Å². The minimum absolute atomic E-state index is 0.00339. The lowest BCUT2D eigenvalue weighted by Gasteiger charge is -2.15. The predicted molar refractivity (Wildman–Crippen MR) is 76.2 cm³/mol. The van der Waals surface area contributed by atoms with E-state index in [9.17, 15) is 4.79 Å². The van der Waals surface area contributed by atoms with Crippen molar-refractivity contribution in [3.63, 3.8) is 0 Å². The van der Waals surface area contributed by atoms with Gasteiger partial charge < -0.3 is 4.74 Å². The number of alkyl halides is 1. The predicted octanol–water partition coefficient (Wildman–Crippen LogP) is 4.11. The molecule has 2 rings (SSSR count). The SMILES string of the molecule is O=C1OC(CBr)CCCCCCc2ccccc21. The molecule has 0 aliphatic carbocycles. The van der Waals surface area contributed by atoms with Crippen LogP contribution in [0.1, 0.15) is 48.0 Å². The van der Waals surface area contributed by atoms with Crippen LogP contribution in [0, 0.1) is 0 Å². The zero-order valence-corrected chi connectivity index (χ0v) is 12.1. The molecule has 1 aromatic carbocycles. The number of carbonyl (C=O) groups excluding carboxylic acids is 1. The van der Waals surface area contributed by atoms with E-state index in [2.05, 4.69) is 15.9 Å². The number of benzene rings is 1. The third-order valence-corrected chi connectivity index (χ3v) is 4.13. The fourth-order valence-electron chi connectivity index (χ4n) is 2.36. The van der Waals surface area contributed by atoms with Gasteiger partial charge >= 0.3 is 5.97 Å². The van der Waals surface area contributed by atoms with Crippen LogP contribution in [0.4, 0.5) is 0 Å². The third kappa shape index (κ3) is 3.58. The maximum atomic E-state index is 12.2. The fraction of sp³-hybridized carbons (Fsp3) is 0.533. The lowest BCUT2D eigenvalue weighted by molar-refractivity contribution is 0.0332. The van der Waals surface area contributed by atoms with Gasteiger partial charge in [0.15, 0.2) is 0 Å². The molecule has 2 nitrogen and oxygen atoms in total. The van der Waals surface area contributed by atoms with Gasteiger partial charge in [-0.25, -0.2) is 4.79 Å². The first-order chi connectivity index (χ1) is 8.81. The molecule has 1 aromatic rings. The van der Waals surface area contributed by atoms with Crippen LogP contribution in [-0.4, -0.2) is 17.4 Å². The molecule has 1 atom stereocenters. The zero-order valence-electron chi connectivity index (χ0n) is 10.5. The largest absolute Gasteiger partial charge is 0.458 e. The molecule has 3 heteroatoms. The molecule has 1 aliphatic rings. The molecule has 98 valence electrons. The van der Waals surface area contributed by atoms with E-state index in [1.54, 1.807) is 0 Å². The molecule has 0 spiro atoms. The van der Waals surface area contributed by atoms with Crippen LogP contribution in [0.15, 0.2) is 24.3 Å². The summed E-state index contributed by atoms with van der Waals surface area (Å²) >= 11 is 3.43. The van der Waals surface area contributed by atoms with Crippen molar-refractivity contribution in [1.82, 2.24) is 0 Å². The molecule has 0 saturated carbocycles. The molecule has 0 fully saturated rings. The molecular weight excluding hydrogens is 292 g/mol. The Morgan fingerprint density at radius 2 is 1.94 bits per heavy atom. The average Bonchev–Trinajstić information content (AvgIpc) is 2.44. The van der Waals surface area contributed by atoms with Crippen LogP contribution in [-0.2, 0) is 11.2 Å². The Morgan fingerprint density at radius 3 is 2.78 bits per heavy atom. The van der Waals surface area contributed by atoms with E-state index in [-0.39, 0.29) is 12.1 Å². The van der Waals surface area contributed by atoms with E-state index < -0.39 is 0 Å². The Morgan fingerprint density at radius 1 is 1.17 bits per heavy atom. The first-order valence-electron chi connectivity index (χ1n) is 6.66. The highest BCUT2D eigenvalue weighted by molar-refractivity contribution is 9.09. The summed E-state index contributed by atoms with van der Waals surface area (Å²) in [5.41, 5.74) is 1.86. The Kier molecular flexibility index (Phi) is 5.24. The van der Waals surface area contributed by atoms with Crippen molar-refractivity contribution in [2.45, 2.75) is 44.6 Å². The van der Waals surface area contributed by atoms with Gasteiger partial charge in [-0.05, 0) is 37.3 Å². The number of aryl methyl sites for hydroxylation is 1. The summed E-state index contributed by atoms with van der Waals surface area (Å²) < 4.78 is 5.57. The van der Waals surface area contributed by atoms with E-state index in [1.807, 2.05) is 24.3 Å². The van der Waals surface area contributed by atoms with Crippen molar-refractivity contribution < 1.29 is 9.53 Å². The molecule has 0 radical (unpaired) electrons. The number of cyclic esters (lactones) is 1. The van der Waals surface area contributed by atoms with E-state index in [4.69, 9.17) is 4.74 Å². The highest BCUT2D eigenvalue weighted by atomic mass is 79.9. The molecule has 1 aliphatic heterocycles. The quantitative estimate of drug-likeness (QED) is 0.576. The number of ether oxygens (including phenoxy) is 1. The number of esters is 1. The molecule has 1 heterocycles. The molecular formula is C15H19BrO2. The summed E-state index contributed by atoms with van der Waals surface area (Å²) in [5.74, 6) is -0.169. The van der Waals surface area contributed by atoms with Crippen molar-refractivity contribution >= 4 is 21.9 Å². The monoisotopic (exact) mass is 310 g/mol. The molecule has 0 N–H and O–H groups in total. The second-order valence-corrected chi connectivity index (χ2v) is 5.44. The third-order valence-electron chi connectivity index (χ3n) is 3.41. The number of fused-ring (bicyclic) bond motifs is 1. The molecule has 0 aromatic heterocycles. The maximum Gasteiger partial charge on any atom is 0.338 e. The van der Waals surface area contributed by atoms with Crippen molar-refractivity contribution in [3.05, 3.63) is 35.4 Å². The topological polar surface area (TPSA) is 26.3 Å². The second-order valence-electron chi connectivity index (χ2n) is 4.79. The van der Waals surface area contributed by atoms with E-state index in [0.29, 0.717) is 0 Å². The molecule has 18 heavy (non-hydrogen) atoms. The molecule has 0 saturated heterocycles. The summed E-state index contributed by atoms with van der Waals surface area (Å²) in [6, 6.07) is 7.81. The Labute approximate surface area is 117 Å². The van der Waals surface area contributed by atoms with Gasteiger partial charge in [0.05, 0.1) is 5.56 Å². The van der Waals surface area contributed by atoms with Gasteiger partial charge in [0, 0.05) is 5.33 Å². The van der Waals surface area contributed by atoms with Crippen molar-refractivity contribution in [3.8, 4) is 0 Å². The van der Waals surface area contributed by atoms with Crippen LogP contribution >= 0.6 is 15.9 Å². The van der Waals surface area contributed by atoms with Crippen LogP contribution in [0.3, 0.4) is 0 Å². The van der Waals surface area contributed by atoms with Crippen molar-refractivity contribution in [2.75, 3.05) is 5.33 Å². The molecule has 0 amide bonds.